The number of hydrogen-bond donors (Lipinski definition) is 1. The molecule has 0 saturated carbocycles. The molecule has 1 aliphatic heterocycles. The lowest BCUT2D eigenvalue weighted by Crippen LogP contribution is -2.38. The molecule has 1 aromatic rings. The van der Waals surface area contributed by atoms with Crippen molar-refractivity contribution in [2.75, 3.05) is 20.1 Å². The molecular formula is C13H16F2N2O2. The Kier molecular flexibility index (Phi) is 4.31. The van der Waals surface area contributed by atoms with Crippen LogP contribution in [0.3, 0.4) is 0 Å². The predicted molar refractivity (Wildman–Crippen MR) is 66.4 cm³/mol. The molecule has 2 rings (SSSR count). The maximum atomic E-state index is 12.2. The Hall–Kier alpha value is -1.69. The molecule has 1 saturated heterocycles. The van der Waals surface area contributed by atoms with E-state index in [-0.39, 0.29) is 17.7 Å². The van der Waals surface area contributed by atoms with Gasteiger partial charge in [0.1, 0.15) is 5.75 Å². The summed E-state index contributed by atoms with van der Waals surface area (Å²) in [5.74, 6) is -0.188. The van der Waals surface area contributed by atoms with Gasteiger partial charge in [0.2, 0.25) is 0 Å². The number of hydrogen-bond acceptors (Lipinski definition) is 3. The van der Waals surface area contributed by atoms with Crippen LogP contribution in [0.15, 0.2) is 24.3 Å². The summed E-state index contributed by atoms with van der Waals surface area (Å²) in [7, 11) is 1.72. The minimum Gasteiger partial charge on any atom is -0.435 e. The van der Waals surface area contributed by atoms with Gasteiger partial charge in [-0.1, -0.05) is 6.07 Å². The maximum Gasteiger partial charge on any atom is 0.387 e. The summed E-state index contributed by atoms with van der Waals surface area (Å²) in [6.07, 6.45) is 0.898. The first-order valence-electron chi connectivity index (χ1n) is 6.10. The van der Waals surface area contributed by atoms with Crippen LogP contribution in [-0.4, -0.2) is 43.6 Å². The SMILES string of the molecule is CN(C(=O)c1cccc(OC(F)F)c1)[C@H]1CCNC1. The number of alkyl halides is 2. The van der Waals surface area contributed by atoms with Gasteiger partial charge in [0.05, 0.1) is 0 Å². The molecule has 1 aromatic carbocycles. The third-order valence-electron chi connectivity index (χ3n) is 3.21. The van der Waals surface area contributed by atoms with Crippen LogP contribution in [0.25, 0.3) is 0 Å². The zero-order valence-corrected chi connectivity index (χ0v) is 10.6. The number of carbonyl (C=O) groups excluding carboxylic acids is 1. The molecule has 1 atom stereocenters. The molecule has 1 amide bonds. The second-order valence-electron chi connectivity index (χ2n) is 4.47. The minimum atomic E-state index is -2.89. The van der Waals surface area contributed by atoms with E-state index in [4.69, 9.17) is 0 Å². The summed E-state index contributed by atoms with van der Waals surface area (Å²) >= 11 is 0. The van der Waals surface area contributed by atoms with E-state index in [9.17, 15) is 13.6 Å². The number of amides is 1. The first-order valence-corrected chi connectivity index (χ1v) is 6.10. The first kappa shape index (κ1) is 13.7. The zero-order chi connectivity index (χ0) is 13.8. The maximum absolute atomic E-state index is 12.2. The number of rotatable bonds is 4. The van der Waals surface area contributed by atoms with E-state index in [1.807, 2.05) is 0 Å². The normalized spacial score (nSPS) is 18.6. The Morgan fingerprint density at radius 1 is 1.53 bits per heavy atom. The number of carbonyl (C=O) groups is 1. The van der Waals surface area contributed by atoms with Crippen molar-refractivity contribution in [2.24, 2.45) is 0 Å². The highest BCUT2D eigenvalue weighted by Crippen LogP contribution is 2.18. The lowest BCUT2D eigenvalue weighted by molar-refractivity contribution is -0.0499. The molecule has 104 valence electrons. The van der Waals surface area contributed by atoms with Gasteiger partial charge in [-0.3, -0.25) is 4.79 Å². The molecule has 1 aliphatic rings. The van der Waals surface area contributed by atoms with Gasteiger partial charge in [-0.15, -0.1) is 0 Å². The molecule has 0 aromatic heterocycles. The van der Waals surface area contributed by atoms with Gasteiger partial charge in [-0.2, -0.15) is 8.78 Å². The standard InChI is InChI=1S/C13H16F2N2O2/c1-17(10-5-6-16-8-10)12(18)9-3-2-4-11(7-9)19-13(14)15/h2-4,7,10,13,16H,5-6,8H2,1H3/t10-/m0/s1. The smallest absolute Gasteiger partial charge is 0.387 e. The average molecular weight is 270 g/mol. The van der Waals surface area contributed by atoms with Crippen molar-refractivity contribution < 1.29 is 18.3 Å². The second-order valence-corrected chi connectivity index (χ2v) is 4.47. The summed E-state index contributed by atoms with van der Waals surface area (Å²) in [5.41, 5.74) is 0.354. The highest BCUT2D eigenvalue weighted by Gasteiger charge is 2.24. The van der Waals surface area contributed by atoms with Crippen LogP contribution < -0.4 is 10.1 Å². The first-order chi connectivity index (χ1) is 9.08. The van der Waals surface area contributed by atoms with Crippen molar-refractivity contribution in [2.45, 2.75) is 19.1 Å². The Morgan fingerprint density at radius 2 is 2.32 bits per heavy atom. The number of benzene rings is 1. The van der Waals surface area contributed by atoms with Crippen molar-refractivity contribution in [3.63, 3.8) is 0 Å². The van der Waals surface area contributed by atoms with Crippen LogP contribution in [0.4, 0.5) is 8.78 Å². The summed E-state index contributed by atoms with van der Waals surface area (Å²) in [4.78, 5) is 13.9. The second kappa shape index (κ2) is 5.97. The number of likely N-dealkylation sites (N-methyl/N-ethyl adjacent to an activating group) is 1. The van der Waals surface area contributed by atoms with Gasteiger partial charge < -0.3 is 15.0 Å². The van der Waals surface area contributed by atoms with Crippen LogP contribution in [-0.2, 0) is 0 Å². The van der Waals surface area contributed by atoms with Gasteiger partial charge >= 0.3 is 6.61 Å². The van der Waals surface area contributed by atoms with Crippen molar-refractivity contribution in [3.8, 4) is 5.75 Å². The van der Waals surface area contributed by atoms with Crippen LogP contribution in [0.5, 0.6) is 5.75 Å². The Morgan fingerprint density at radius 3 is 2.95 bits per heavy atom. The van der Waals surface area contributed by atoms with Crippen LogP contribution >= 0.6 is 0 Å². The Balaban J connectivity index is 2.09. The number of halogens is 2. The van der Waals surface area contributed by atoms with Gasteiger partial charge in [-0.05, 0) is 31.2 Å². The van der Waals surface area contributed by atoms with Crippen LogP contribution in [0, 0.1) is 0 Å². The van der Waals surface area contributed by atoms with Gasteiger partial charge in [0.15, 0.2) is 0 Å². The fourth-order valence-electron chi connectivity index (χ4n) is 2.14. The number of nitrogens with zero attached hydrogens (tertiary/aromatic N) is 1. The fraction of sp³-hybridized carbons (Fsp3) is 0.462. The molecule has 1 N–H and O–H groups in total. The number of nitrogens with one attached hydrogen (secondary N) is 1. The topological polar surface area (TPSA) is 41.6 Å². The number of ether oxygens (including phenoxy) is 1. The van der Waals surface area contributed by atoms with Crippen LogP contribution in [0.1, 0.15) is 16.8 Å². The minimum absolute atomic E-state index is 0.00111. The van der Waals surface area contributed by atoms with E-state index in [2.05, 4.69) is 10.1 Å². The molecule has 0 spiro atoms. The molecule has 1 fully saturated rings. The highest BCUT2D eigenvalue weighted by molar-refractivity contribution is 5.94. The Labute approximate surface area is 110 Å². The lowest BCUT2D eigenvalue weighted by atomic mass is 10.1. The lowest BCUT2D eigenvalue weighted by Gasteiger charge is -2.24. The van der Waals surface area contributed by atoms with E-state index in [0.29, 0.717) is 5.56 Å². The van der Waals surface area contributed by atoms with E-state index < -0.39 is 6.61 Å². The molecule has 19 heavy (non-hydrogen) atoms. The van der Waals surface area contributed by atoms with Crippen molar-refractivity contribution in [1.29, 1.82) is 0 Å². The molecule has 0 aliphatic carbocycles. The van der Waals surface area contributed by atoms with Crippen LogP contribution in [0.2, 0.25) is 0 Å². The van der Waals surface area contributed by atoms with E-state index in [1.165, 1.54) is 18.2 Å². The van der Waals surface area contributed by atoms with Crippen molar-refractivity contribution in [1.82, 2.24) is 10.2 Å². The Bertz CT molecular complexity index is 448. The monoisotopic (exact) mass is 270 g/mol. The quantitative estimate of drug-likeness (QED) is 0.905. The van der Waals surface area contributed by atoms with Crippen molar-refractivity contribution >= 4 is 5.91 Å². The van der Waals surface area contributed by atoms with E-state index in [1.54, 1.807) is 18.0 Å². The molecule has 4 nitrogen and oxygen atoms in total. The van der Waals surface area contributed by atoms with Gasteiger partial charge in [0, 0.05) is 25.2 Å². The summed E-state index contributed by atoms with van der Waals surface area (Å²) in [5, 5.41) is 3.18. The molecule has 1 heterocycles. The molecular weight excluding hydrogens is 254 g/mol. The van der Waals surface area contributed by atoms with Gasteiger partial charge in [0.25, 0.3) is 5.91 Å². The fourth-order valence-corrected chi connectivity index (χ4v) is 2.14. The molecule has 0 unspecified atom stereocenters. The average Bonchev–Trinajstić information content (AvgIpc) is 2.90. The zero-order valence-electron chi connectivity index (χ0n) is 10.6. The highest BCUT2D eigenvalue weighted by atomic mass is 19.3. The van der Waals surface area contributed by atoms with E-state index >= 15 is 0 Å². The van der Waals surface area contributed by atoms with E-state index in [0.717, 1.165) is 19.5 Å². The predicted octanol–water partition coefficient (Wildman–Crippen LogP) is 1.72. The summed E-state index contributed by atoms with van der Waals surface area (Å²) in [6.45, 7) is -1.24. The molecule has 0 radical (unpaired) electrons. The van der Waals surface area contributed by atoms with Gasteiger partial charge in [-0.25, -0.2) is 0 Å². The third kappa shape index (κ3) is 3.41. The summed E-state index contributed by atoms with van der Waals surface area (Å²) in [6, 6.07) is 6.02. The van der Waals surface area contributed by atoms with Crippen molar-refractivity contribution in [3.05, 3.63) is 29.8 Å². The summed E-state index contributed by atoms with van der Waals surface area (Å²) < 4.78 is 28.6. The molecule has 6 heteroatoms. The molecule has 0 bridgehead atoms. The largest absolute Gasteiger partial charge is 0.435 e. The third-order valence-corrected chi connectivity index (χ3v) is 3.21.